The number of carbonyl (C=O) groups excluding carboxylic acids is 1. The second kappa shape index (κ2) is 8.92. The molecule has 1 amide bonds. The van der Waals surface area contributed by atoms with Crippen molar-refractivity contribution in [2.24, 2.45) is 5.73 Å². The maximum atomic E-state index is 14.0. The van der Waals surface area contributed by atoms with Crippen LogP contribution in [0.4, 0.5) is 8.78 Å². The number of benzene rings is 1. The van der Waals surface area contributed by atoms with E-state index in [1.807, 2.05) is 0 Å². The summed E-state index contributed by atoms with van der Waals surface area (Å²) in [7, 11) is 0. The van der Waals surface area contributed by atoms with Gasteiger partial charge in [-0.3, -0.25) is 4.79 Å². The van der Waals surface area contributed by atoms with E-state index in [9.17, 15) is 13.6 Å². The van der Waals surface area contributed by atoms with Gasteiger partial charge in [0.15, 0.2) is 0 Å². The van der Waals surface area contributed by atoms with Crippen molar-refractivity contribution in [1.29, 1.82) is 0 Å². The van der Waals surface area contributed by atoms with Crippen LogP contribution in [0.5, 0.6) is 0 Å². The Labute approximate surface area is 153 Å². The number of hydrogen-bond donors (Lipinski definition) is 1. The molecular formula is C18H25ClF2N2O2. The summed E-state index contributed by atoms with van der Waals surface area (Å²) in [5.74, 6) is -1.11. The Kier molecular flexibility index (Phi) is 7.16. The van der Waals surface area contributed by atoms with Crippen molar-refractivity contribution in [3.63, 3.8) is 0 Å². The number of halogens is 3. The third-order valence-corrected chi connectivity index (χ3v) is 5.04. The van der Waals surface area contributed by atoms with Gasteiger partial charge in [-0.05, 0) is 43.9 Å². The highest BCUT2D eigenvalue weighted by molar-refractivity contribution is 5.85. The highest BCUT2D eigenvalue weighted by Gasteiger charge is 2.36. The van der Waals surface area contributed by atoms with Crippen molar-refractivity contribution in [2.45, 2.75) is 63.3 Å². The molecule has 0 unspecified atom stereocenters. The fourth-order valence-electron chi connectivity index (χ4n) is 3.70. The van der Waals surface area contributed by atoms with Crippen LogP contribution < -0.4 is 5.73 Å². The molecule has 1 aliphatic heterocycles. The Hall–Kier alpha value is -1.24. The van der Waals surface area contributed by atoms with Crippen molar-refractivity contribution in [2.75, 3.05) is 6.54 Å². The third-order valence-electron chi connectivity index (χ3n) is 5.04. The van der Waals surface area contributed by atoms with Crippen molar-refractivity contribution >= 4 is 18.3 Å². The lowest BCUT2D eigenvalue weighted by atomic mass is 10.1. The largest absolute Gasteiger partial charge is 0.364 e. The number of ether oxygens (including phenoxy) is 1. The Morgan fingerprint density at radius 1 is 1.20 bits per heavy atom. The lowest BCUT2D eigenvalue weighted by Crippen LogP contribution is -2.44. The fourth-order valence-corrected chi connectivity index (χ4v) is 3.70. The van der Waals surface area contributed by atoms with E-state index in [4.69, 9.17) is 10.5 Å². The Morgan fingerprint density at radius 3 is 2.56 bits per heavy atom. The molecule has 2 fully saturated rings. The topological polar surface area (TPSA) is 55.6 Å². The minimum atomic E-state index is -0.518. The van der Waals surface area contributed by atoms with Crippen LogP contribution in [0, 0.1) is 11.6 Å². The maximum absolute atomic E-state index is 14.0. The molecule has 1 saturated carbocycles. The van der Waals surface area contributed by atoms with Gasteiger partial charge < -0.3 is 15.4 Å². The first-order valence-electron chi connectivity index (χ1n) is 8.68. The molecule has 2 atom stereocenters. The summed E-state index contributed by atoms with van der Waals surface area (Å²) >= 11 is 0. The van der Waals surface area contributed by atoms with E-state index in [2.05, 4.69) is 0 Å². The first-order chi connectivity index (χ1) is 11.6. The number of amides is 1. The maximum Gasteiger partial charge on any atom is 0.252 e. The van der Waals surface area contributed by atoms with Crippen molar-refractivity contribution in [3.05, 3.63) is 35.4 Å². The van der Waals surface area contributed by atoms with Crippen LogP contribution in [0.25, 0.3) is 0 Å². The van der Waals surface area contributed by atoms with Crippen molar-refractivity contribution in [1.82, 2.24) is 4.90 Å². The molecule has 25 heavy (non-hydrogen) atoms. The molecule has 4 nitrogen and oxygen atoms in total. The standard InChI is InChI=1S/C18H24F2N2O2.ClH/c19-13-5-7-16(20)12(9-13)11-22(14-3-1-2-4-14)18(23)17-8-6-15(10-21)24-17;/h5,7,9,14-15,17H,1-4,6,8,10-11,21H2;1H/t15-,17+;/m1./s1. The number of nitrogens with zero attached hydrogens (tertiary/aromatic N) is 1. The van der Waals surface area contributed by atoms with Gasteiger partial charge in [0, 0.05) is 24.7 Å². The van der Waals surface area contributed by atoms with E-state index in [0.717, 1.165) is 44.2 Å². The van der Waals surface area contributed by atoms with Crippen LogP contribution in [0.15, 0.2) is 18.2 Å². The SMILES string of the molecule is Cl.NC[C@H]1CC[C@@H](C(=O)N(Cc2cc(F)ccc2F)C2CCCC2)O1. The average molecular weight is 375 g/mol. The van der Waals surface area contributed by atoms with E-state index >= 15 is 0 Å². The monoisotopic (exact) mass is 374 g/mol. The van der Waals surface area contributed by atoms with Gasteiger partial charge in [0.2, 0.25) is 0 Å². The summed E-state index contributed by atoms with van der Waals surface area (Å²) in [5, 5.41) is 0. The summed E-state index contributed by atoms with van der Waals surface area (Å²) in [6.07, 6.45) is 4.69. The first kappa shape index (κ1) is 20.1. The first-order valence-corrected chi connectivity index (χ1v) is 8.68. The van der Waals surface area contributed by atoms with E-state index in [1.165, 1.54) is 6.07 Å². The second-order valence-electron chi connectivity index (χ2n) is 6.70. The summed E-state index contributed by atoms with van der Waals surface area (Å²) in [6, 6.07) is 3.44. The zero-order chi connectivity index (χ0) is 17.1. The normalized spacial score (nSPS) is 23.5. The minimum Gasteiger partial charge on any atom is -0.364 e. The molecule has 3 rings (SSSR count). The van der Waals surface area contributed by atoms with Crippen LogP contribution >= 0.6 is 12.4 Å². The summed E-state index contributed by atoms with van der Waals surface area (Å²) in [5.41, 5.74) is 5.83. The fraction of sp³-hybridized carbons (Fsp3) is 0.611. The Balaban J connectivity index is 0.00000225. The quantitative estimate of drug-likeness (QED) is 0.861. The summed E-state index contributed by atoms with van der Waals surface area (Å²) < 4.78 is 33.2. The van der Waals surface area contributed by atoms with Crippen molar-refractivity contribution in [3.8, 4) is 0 Å². The third kappa shape index (κ3) is 4.68. The minimum absolute atomic E-state index is 0. The van der Waals surface area contributed by atoms with Gasteiger partial charge in [0.05, 0.1) is 6.10 Å². The average Bonchev–Trinajstić information content (AvgIpc) is 3.26. The van der Waals surface area contributed by atoms with E-state index < -0.39 is 17.7 Å². The highest BCUT2D eigenvalue weighted by Crippen LogP contribution is 2.29. The number of hydrogen-bond acceptors (Lipinski definition) is 3. The summed E-state index contributed by atoms with van der Waals surface area (Å²) in [6.45, 7) is 0.478. The molecule has 0 radical (unpaired) electrons. The van der Waals surface area contributed by atoms with Gasteiger partial charge in [-0.15, -0.1) is 12.4 Å². The predicted octanol–water partition coefficient (Wildman–Crippen LogP) is 3.16. The molecule has 0 aromatic heterocycles. The number of carbonyl (C=O) groups is 1. The Bertz CT molecular complexity index is 596. The number of nitrogens with two attached hydrogens (primary N) is 1. The highest BCUT2D eigenvalue weighted by atomic mass is 35.5. The van der Waals surface area contributed by atoms with Crippen molar-refractivity contribution < 1.29 is 18.3 Å². The Morgan fingerprint density at radius 2 is 1.92 bits per heavy atom. The molecule has 1 aliphatic carbocycles. The molecule has 1 saturated heterocycles. The lowest BCUT2D eigenvalue weighted by Gasteiger charge is -2.31. The van der Waals surface area contributed by atoms with Crippen LogP contribution in [-0.4, -0.2) is 35.6 Å². The van der Waals surface area contributed by atoms with Gasteiger partial charge in [0.1, 0.15) is 17.7 Å². The van der Waals surface area contributed by atoms with Gasteiger partial charge in [-0.25, -0.2) is 8.78 Å². The smallest absolute Gasteiger partial charge is 0.252 e. The van der Waals surface area contributed by atoms with Crippen LogP contribution in [0.1, 0.15) is 44.1 Å². The summed E-state index contributed by atoms with van der Waals surface area (Å²) in [4.78, 5) is 14.6. The van der Waals surface area contributed by atoms with Gasteiger partial charge in [-0.2, -0.15) is 0 Å². The van der Waals surface area contributed by atoms with Gasteiger partial charge >= 0.3 is 0 Å². The number of rotatable bonds is 5. The van der Waals surface area contributed by atoms with E-state index in [1.54, 1.807) is 4.90 Å². The molecule has 0 spiro atoms. The predicted molar refractivity (Wildman–Crippen MR) is 93.4 cm³/mol. The molecule has 0 bridgehead atoms. The second-order valence-corrected chi connectivity index (χ2v) is 6.70. The van der Waals surface area contributed by atoms with E-state index in [-0.39, 0.29) is 42.6 Å². The van der Waals surface area contributed by atoms with E-state index in [0.29, 0.717) is 13.0 Å². The molecule has 1 heterocycles. The molecule has 2 N–H and O–H groups in total. The van der Waals surface area contributed by atoms with Crippen LogP contribution in [-0.2, 0) is 16.1 Å². The van der Waals surface area contributed by atoms with Gasteiger partial charge in [-0.1, -0.05) is 12.8 Å². The molecule has 140 valence electrons. The molecule has 7 heteroatoms. The molecule has 1 aromatic carbocycles. The zero-order valence-electron chi connectivity index (χ0n) is 14.1. The molecule has 2 aliphatic rings. The van der Waals surface area contributed by atoms with Crippen LogP contribution in [0.3, 0.4) is 0 Å². The lowest BCUT2D eigenvalue weighted by molar-refractivity contribution is -0.145. The van der Waals surface area contributed by atoms with Crippen LogP contribution in [0.2, 0.25) is 0 Å². The van der Waals surface area contributed by atoms with Gasteiger partial charge in [0.25, 0.3) is 5.91 Å². The molecule has 1 aromatic rings. The molecular weight excluding hydrogens is 350 g/mol. The zero-order valence-corrected chi connectivity index (χ0v) is 14.9.